The van der Waals surface area contributed by atoms with E-state index in [9.17, 15) is 14.4 Å². The lowest BCUT2D eigenvalue weighted by Gasteiger charge is -2.12. The molecule has 2 aromatic carbocycles. The highest BCUT2D eigenvalue weighted by atomic mass is 32.2. The molecule has 3 aromatic rings. The van der Waals surface area contributed by atoms with Crippen molar-refractivity contribution in [2.75, 3.05) is 22.2 Å². The van der Waals surface area contributed by atoms with Gasteiger partial charge in [-0.15, -0.1) is 0 Å². The van der Waals surface area contributed by atoms with Gasteiger partial charge < -0.3 is 20.9 Å². The van der Waals surface area contributed by atoms with E-state index in [2.05, 4.69) is 25.9 Å². The highest BCUT2D eigenvalue weighted by Gasteiger charge is 2.12. The Morgan fingerprint density at radius 2 is 1.72 bits per heavy atom. The fourth-order valence-electron chi connectivity index (χ4n) is 3.08. The zero-order valence-electron chi connectivity index (χ0n) is 18.1. The van der Waals surface area contributed by atoms with Gasteiger partial charge in [0, 0.05) is 34.7 Å². The van der Waals surface area contributed by atoms with Gasteiger partial charge in [-0.25, -0.2) is 9.78 Å². The molecule has 0 bridgehead atoms. The van der Waals surface area contributed by atoms with Gasteiger partial charge in [0.25, 0.3) is 5.56 Å². The average Bonchev–Trinajstić information content (AvgIpc) is 2.76. The van der Waals surface area contributed by atoms with Crippen LogP contribution in [0.2, 0.25) is 0 Å². The fraction of sp³-hybridized carbons (Fsp3) is 0.217. The van der Waals surface area contributed by atoms with E-state index in [0.29, 0.717) is 33.5 Å². The highest BCUT2D eigenvalue weighted by molar-refractivity contribution is 7.98. The molecule has 0 aliphatic rings. The number of H-pyrrole nitrogens is 1. The van der Waals surface area contributed by atoms with E-state index >= 15 is 0 Å². The number of carbonyl (C=O) groups excluding carboxylic acids is 2. The van der Waals surface area contributed by atoms with Crippen LogP contribution >= 0.6 is 11.8 Å². The number of hydrogen-bond donors (Lipinski definition) is 4. The Bertz CT molecular complexity index is 1180. The molecule has 0 unspecified atom stereocenters. The summed E-state index contributed by atoms with van der Waals surface area (Å²) in [6, 6.07) is 14.0. The minimum Gasteiger partial charge on any atom is -0.326 e. The van der Waals surface area contributed by atoms with Crippen LogP contribution in [0.1, 0.15) is 23.2 Å². The lowest BCUT2D eigenvalue weighted by atomic mass is 10.1. The molecule has 0 radical (unpaired) electrons. The van der Waals surface area contributed by atoms with E-state index in [4.69, 9.17) is 0 Å². The van der Waals surface area contributed by atoms with Crippen molar-refractivity contribution < 1.29 is 9.59 Å². The molecular formula is C23H25N5O3S. The van der Waals surface area contributed by atoms with Gasteiger partial charge in [-0.2, -0.15) is 0 Å². The number of benzene rings is 2. The molecule has 4 N–H and O–H groups in total. The van der Waals surface area contributed by atoms with E-state index in [-0.39, 0.29) is 30.3 Å². The van der Waals surface area contributed by atoms with Crippen molar-refractivity contribution in [2.45, 2.75) is 31.8 Å². The second kappa shape index (κ2) is 10.6. The summed E-state index contributed by atoms with van der Waals surface area (Å²) in [6.45, 7) is 3.63. The smallest absolute Gasteiger partial charge is 0.323 e. The summed E-state index contributed by atoms with van der Waals surface area (Å²) in [5.74, 6) is -0.230. The predicted molar refractivity (Wildman–Crippen MR) is 129 cm³/mol. The zero-order valence-corrected chi connectivity index (χ0v) is 18.9. The molecule has 0 aliphatic heterocycles. The van der Waals surface area contributed by atoms with Crippen LogP contribution in [0.4, 0.5) is 21.9 Å². The van der Waals surface area contributed by atoms with Crippen LogP contribution in [0, 0.1) is 13.8 Å². The van der Waals surface area contributed by atoms with E-state index in [1.54, 1.807) is 31.2 Å². The molecule has 9 heteroatoms. The van der Waals surface area contributed by atoms with Crippen LogP contribution in [0.5, 0.6) is 0 Å². The minimum atomic E-state index is -0.381. The number of hydrogen-bond acceptors (Lipinski definition) is 5. The van der Waals surface area contributed by atoms with Crippen molar-refractivity contribution in [2.24, 2.45) is 0 Å². The zero-order chi connectivity index (χ0) is 23.1. The summed E-state index contributed by atoms with van der Waals surface area (Å²) in [5, 5.41) is 8.91. The molecule has 0 atom stereocenters. The highest BCUT2D eigenvalue weighted by Crippen LogP contribution is 2.21. The van der Waals surface area contributed by atoms with Crippen molar-refractivity contribution in [3.8, 4) is 0 Å². The van der Waals surface area contributed by atoms with Gasteiger partial charge in [0.1, 0.15) is 0 Å². The number of thioether (sulfide) groups is 1. The quantitative estimate of drug-likeness (QED) is 0.315. The number of carbonyl (C=O) groups is 2. The topological polar surface area (TPSA) is 116 Å². The van der Waals surface area contributed by atoms with Crippen LogP contribution in [0.3, 0.4) is 0 Å². The van der Waals surface area contributed by atoms with Gasteiger partial charge in [0.2, 0.25) is 5.91 Å². The monoisotopic (exact) mass is 451 g/mol. The number of aryl methyl sites for hydroxylation is 2. The Morgan fingerprint density at radius 1 is 1.00 bits per heavy atom. The van der Waals surface area contributed by atoms with Gasteiger partial charge >= 0.3 is 6.03 Å². The molecule has 0 fully saturated rings. The van der Waals surface area contributed by atoms with Crippen molar-refractivity contribution in [3.05, 3.63) is 75.7 Å². The van der Waals surface area contributed by atoms with Crippen LogP contribution in [0.25, 0.3) is 0 Å². The molecule has 166 valence electrons. The molecule has 8 nitrogen and oxygen atoms in total. The standard InChI is InChI=1S/C23H25N5O3S/c1-14-9-10-17(26-22(31)25-16-7-5-4-6-8-16)13-19(14)27-20(29)12-11-18-15(2)24-23(32-3)28-21(18)30/h4-10,13H,11-12H2,1-3H3,(H,27,29)(H,24,28,30)(H2,25,26,31). The Hall–Kier alpha value is -3.59. The third-order valence-corrected chi connectivity index (χ3v) is 5.38. The van der Waals surface area contributed by atoms with Gasteiger partial charge in [-0.3, -0.25) is 9.59 Å². The predicted octanol–water partition coefficient (Wildman–Crippen LogP) is 4.32. The summed E-state index contributed by atoms with van der Waals surface area (Å²) >= 11 is 1.36. The summed E-state index contributed by atoms with van der Waals surface area (Å²) in [5.41, 5.74) is 3.57. The Morgan fingerprint density at radius 3 is 2.41 bits per heavy atom. The van der Waals surface area contributed by atoms with E-state index in [1.807, 2.05) is 37.4 Å². The molecule has 3 amide bonds. The van der Waals surface area contributed by atoms with Crippen LogP contribution in [0.15, 0.2) is 58.5 Å². The summed E-state index contributed by atoms with van der Waals surface area (Å²) in [4.78, 5) is 44.0. The second-order valence-electron chi connectivity index (χ2n) is 7.16. The number of rotatable bonds is 7. The Balaban J connectivity index is 1.61. The number of urea groups is 1. The number of aromatic amines is 1. The first kappa shape index (κ1) is 23.1. The molecule has 0 aliphatic carbocycles. The third-order valence-electron chi connectivity index (χ3n) is 4.80. The van der Waals surface area contributed by atoms with Crippen LogP contribution in [-0.4, -0.2) is 28.2 Å². The fourth-order valence-corrected chi connectivity index (χ4v) is 3.50. The first-order valence-electron chi connectivity index (χ1n) is 10.0. The number of amides is 3. The molecule has 0 saturated carbocycles. The maximum atomic E-state index is 12.5. The van der Waals surface area contributed by atoms with Crippen molar-refractivity contribution in [3.63, 3.8) is 0 Å². The lowest BCUT2D eigenvalue weighted by molar-refractivity contribution is -0.116. The van der Waals surface area contributed by atoms with Gasteiger partial charge in [0.05, 0.1) is 0 Å². The van der Waals surface area contributed by atoms with Gasteiger partial charge in [-0.1, -0.05) is 36.0 Å². The lowest BCUT2D eigenvalue weighted by Crippen LogP contribution is -2.21. The first-order chi connectivity index (χ1) is 15.4. The molecule has 0 saturated heterocycles. The first-order valence-corrected chi connectivity index (χ1v) is 11.3. The summed E-state index contributed by atoms with van der Waals surface area (Å²) in [6.07, 6.45) is 2.25. The van der Waals surface area contributed by atoms with Crippen molar-refractivity contribution >= 4 is 40.8 Å². The van der Waals surface area contributed by atoms with Gasteiger partial charge in [0.15, 0.2) is 5.16 Å². The number of para-hydroxylation sites is 1. The molecule has 32 heavy (non-hydrogen) atoms. The number of nitrogens with zero attached hydrogens (tertiary/aromatic N) is 1. The Kier molecular flexibility index (Phi) is 7.67. The van der Waals surface area contributed by atoms with Crippen LogP contribution < -0.4 is 21.5 Å². The number of anilines is 3. The molecule has 3 rings (SSSR count). The summed E-state index contributed by atoms with van der Waals surface area (Å²) in [7, 11) is 0. The largest absolute Gasteiger partial charge is 0.326 e. The SMILES string of the molecule is CSc1nc(C)c(CCC(=O)Nc2cc(NC(=O)Nc3ccccc3)ccc2C)c(=O)[nH]1. The number of nitrogens with one attached hydrogen (secondary N) is 4. The molecular weight excluding hydrogens is 426 g/mol. The summed E-state index contributed by atoms with van der Waals surface area (Å²) < 4.78 is 0. The molecule has 1 heterocycles. The number of aromatic nitrogens is 2. The average molecular weight is 452 g/mol. The van der Waals surface area contributed by atoms with E-state index < -0.39 is 0 Å². The van der Waals surface area contributed by atoms with Gasteiger partial charge in [-0.05, 0) is 56.4 Å². The van der Waals surface area contributed by atoms with Crippen molar-refractivity contribution in [1.82, 2.24) is 9.97 Å². The Labute approximate surface area is 190 Å². The minimum absolute atomic E-state index is 0.135. The maximum absolute atomic E-state index is 12.5. The maximum Gasteiger partial charge on any atom is 0.323 e. The van der Waals surface area contributed by atoms with Crippen LogP contribution in [-0.2, 0) is 11.2 Å². The molecule has 1 aromatic heterocycles. The third kappa shape index (κ3) is 6.21. The second-order valence-corrected chi connectivity index (χ2v) is 7.96. The molecule has 0 spiro atoms. The van der Waals surface area contributed by atoms with Crippen molar-refractivity contribution in [1.29, 1.82) is 0 Å². The normalized spacial score (nSPS) is 10.5. The van der Waals surface area contributed by atoms with E-state index in [0.717, 1.165) is 5.56 Å². The van der Waals surface area contributed by atoms with E-state index in [1.165, 1.54) is 11.8 Å².